The third kappa shape index (κ3) is 8.13. The summed E-state index contributed by atoms with van der Waals surface area (Å²) in [6, 6.07) is 17.7. The van der Waals surface area contributed by atoms with Crippen molar-refractivity contribution < 1.29 is 27.1 Å². The molecule has 1 aliphatic rings. The molecule has 0 bridgehead atoms. The van der Waals surface area contributed by atoms with E-state index in [1.54, 1.807) is 43.5 Å². The highest BCUT2D eigenvalue weighted by atomic mass is 32.2. The van der Waals surface area contributed by atoms with Crippen LogP contribution in [0.1, 0.15) is 56.6 Å². The van der Waals surface area contributed by atoms with Crippen molar-refractivity contribution in [3.8, 4) is 5.75 Å². The van der Waals surface area contributed by atoms with Crippen LogP contribution in [0.25, 0.3) is 0 Å². The van der Waals surface area contributed by atoms with Crippen molar-refractivity contribution in [2.75, 3.05) is 18.0 Å². The van der Waals surface area contributed by atoms with Crippen molar-refractivity contribution in [3.63, 3.8) is 0 Å². The molecular formula is C33H40FN3O5S. The van der Waals surface area contributed by atoms with Gasteiger partial charge in [-0.1, -0.05) is 56.0 Å². The molecule has 1 unspecified atom stereocenters. The molecule has 0 heterocycles. The first-order chi connectivity index (χ1) is 20.6. The molecule has 1 fully saturated rings. The van der Waals surface area contributed by atoms with Gasteiger partial charge >= 0.3 is 0 Å². The molecule has 230 valence electrons. The summed E-state index contributed by atoms with van der Waals surface area (Å²) in [5.41, 5.74) is 1.97. The molecular weight excluding hydrogens is 569 g/mol. The monoisotopic (exact) mass is 609 g/mol. The lowest BCUT2D eigenvalue weighted by molar-refractivity contribution is -0.140. The summed E-state index contributed by atoms with van der Waals surface area (Å²) in [5, 5.41) is 3.14. The maximum Gasteiger partial charge on any atom is 0.264 e. The van der Waals surface area contributed by atoms with E-state index in [1.807, 2.05) is 26.0 Å². The van der Waals surface area contributed by atoms with Gasteiger partial charge in [0.15, 0.2) is 0 Å². The summed E-state index contributed by atoms with van der Waals surface area (Å²) >= 11 is 0. The lowest BCUT2D eigenvalue weighted by Crippen LogP contribution is -2.54. The topological polar surface area (TPSA) is 96.0 Å². The van der Waals surface area contributed by atoms with Crippen molar-refractivity contribution in [1.29, 1.82) is 0 Å². The van der Waals surface area contributed by atoms with Gasteiger partial charge in [0.05, 0.1) is 17.7 Å². The Bertz CT molecular complexity index is 1470. The van der Waals surface area contributed by atoms with Gasteiger partial charge in [0.1, 0.15) is 24.2 Å². The van der Waals surface area contributed by atoms with Gasteiger partial charge in [-0.05, 0) is 80.3 Å². The Morgan fingerprint density at radius 3 is 2.16 bits per heavy atom. The number of rotatable bonds is 12. The van der Waals surface area contributed by atoms with Crippen LogP contribution < -0.4 is 14.4 Å². The third-order valence-electron chi connectivity index (χ3n) is 7.85. The quantitative estimate of drug-likeness (QED) is 0.289. The fourth-order valence-corrected chi connectivity index (χ4v) is 6.78. The zero-order valence-corrected chi connectivity index (χ0v) is 25.8. The second-order valence-electron chi connectivity index (χ2n) is 10.9. The van der Waals surface area contributed by atoms with E-state index in [-0.39, 0.29) is 29.1 Å². The molecule has 3 aromatic carbocycles. The van der Waals surface area contributed by atoms with Gasteiger partial charge < -0.3 is 15.0 Å². The Morgan fingerprint density at radius 2 is 1.58 bits per heavy atom. The second kappa shape index (κ2) is 14.5. The fraction of sp³-hybridized carbons (Fsp3) is 0.394. The van der Waals surface area contributed by atoms with Crippen LogP contribution in [0.4, 0.5) is 10.1 Å². The highest BCUT2D eigenvalue weighted by molar-refractivity contribution is 7.92. The molecule has 10 heteroatoms. The average Bonchev–Trinajstić information content (AvgIpc) is 3.01. The van der Waals surface area contributed by atoms with Crippen molar-refractivity contribution in [2.45, 2.75) is 75.9 Å². The molecule has 2 amide bonds. The summed E-state index contributed by atoms with van der Waals surface area (Å²) in [5.74, 6) is -0.704. The number of ether oxygens (including phenoxy) is 1. The number of carbonyl (C=O) groups excluding carboxylic acids is 2. The van der Waals surface area contributed by atoms with Gasteiger partial charge in [0.2, 0.25) is 11.8 Å². The molecule has 1 saturated carbocycles. The molecule has 1 aliphatic carbocycles. The highest BCUT2D eigenvalue weighted by Crippen LogP contribution is 2.26. The van der Waals surface area contributed by atoms with E-state index in [1.165, 1.54) is 17.0 Å². The number of hydrogen-bond acceptors (Lipinski definition) is 5. The third-order valence-corrected chi connectivity index (χ3v) is 9.64. The zero-order chi connectivity index (χ0) is 31.0. The number of carbonyl (C=O) groups is 2. The van der Waals surface area contributed by atoms with Gasteiger partial charge in [-0.2, -0.15) is 0 Å². The second-order valence-corrected chi connectivity index (χ2v) is 12.8. The Kier molecular flexibility index (Phi) is 10.8. The van der Waals surface area contributed by atoms with Crippen LogP contribution in [0.15, 0.2) is 77.7 Å². The van der Waals surface area contributed by atoms with E-state index in [0.717, 1.165) is 59.7 Å². The maximum absolute atomic E-state index is 14.2. The first-order valence-electron chi connectivity index (χ1n) is 14.7. The Labute approximate surface area is 253 Å². The van der Waals surface area contributed by atoms with Crippen molar-refractivity contribution in [3.05, 3.63) is 89.7 Å². The van der Waals surface area contributed by atoms with E-state index in [2.05, 4.69) is 5.32 Å². The Balaban J connectivity index is 1.70. The van der Waals surface area contributed by atoms with Crippen molar-refractivity contribution in [1.82, 2.24) is 10.2 Å². The van der Waals surface area contributed by atoms with E-state index in [9.17, 15) is 22.4 Å². The van der Waals surface area contributed by atoms with Crippen LogP contribution in [0.5, 0.6) is 5.75 Å². The summed E-state index contributed by atoms with van der Waals surface area (Å²) in [7, 11) is -2.70. The first-order valence-corrected chi connectivity index (χ1v) is 16.1. The van der Waals surface area contributed by atoms with Gasteiger partial charge in [0.25, 0.3) is 10.0 Å². The predicted octanol–water partition coefficient (Wildman–Crippen LogP) is 5.59. The minimum atomic E-state index is -4.27. The molecule has 0 saturated heterocycles. The van der Waals surface area contributed by atoms with Crippen LogP contribution in [0.3, 0.4) is 0 Å². The number of amides is 2. The largest absolute Gasteiger partial charge is 0.497 e. The van der Waals surface area contributed by atoms with Gasteiger partial charge in [-0.25, -0.2) is 12.8 Å². The van der Waals surface area contributed by atoms with Gasteiger partial charge in [-0.15, -0.1) is 0 Å². The van der Waals surface area contributed by atoms with Gasteiger partial charge in [0, 0.05) is 12.6 Å². The molecule has 1 N–H and O–H groups in total. The fourth-order valence-electron chi connectivity index (χ4n) is 5.36. The van der Waals surface area contributed by atoms with Crippen LogP contribution in [-0.4, -0.2) is 50.9 Å². The van der Waals surface area contributed by atoms with Gasteiger partial charge in [-0.3, -0.25) is 13.9 Å². The van der Waals surface area contributed by atoms with E-state index in [0.29, 0.717) is 12.2 Å². The minimum Gasteiger partial charge on any atom is -0.497 e. The standard InChI is InChI=1S/C33H40FN3O5S/c1-4-31(33(39)35-27-8-6-5-7-9-27)36(22-25-12-18-29(42-3)19-13-25)32(38)23-37(28-16-10-24(2)11-17-28)43(40,41)30-20-14-26(34)15-21-30/h10-21,27,31H,4-9,22-23H2,1-3H3,(H,35,39). The van der Waals surface area contributed by atoms with Crippen molar-refractivity contribution in [2.24, 2.45) is 0 Å². The lowest BCUT2D eigenvalue weighted by Gasteiger charge is -2.34. The number of benzene rings is 3. The molecule has 0 aliphatic heterocycles. The molecule has 0 spiro atoms. The molecule has 43 heavy (non-hydrogen) atoms. The number of nitrogens with one attached hydrogen (secondary N) is 1. The van der Waals surface area contributed by atoms with Crippen LogP contribution in [0, 0.1) is 12.7 Å². The predicted molar refractivity (Wildman–Crippen MR) is 165 cm³/mol. The minimum absolute atomic E-state index is 0.0520. The summed E-state index contributed by atoms with van der Waals surface area (Å²) in [6.45, 7) is 3.26. The molecule has 8 nitrogen and oxygen atoms in total. The van der Waals surface area contributed by atoms with Crippen LogP contribution in [-0.2, 0) is 26.2 Å². The van der Waals surface area contributed by atoms with Crippen molar-refractivity contribution >= 4 is 27.5 Å². The first kappa shape index (κ1) is 32.0. The Morgan fingerprint density at radius 1 is 0.953 bits per heavy atom. The van der Waals surface area contributed by atoms with E-state index >= 15 is 0 Å². The molecule has 4 rings (SSSR count). The lowest BCUT2D eigenvalue weighted by atomic mass is 9.95. The molecule has 1 atom stereocenters. The smallest absolute Gasteiger partial charge is 0.264 e. The zero-order valence-electron chi connectivity index (χ0n) is 25.0. The number of anilines is 1. The summed E-state index contributed by atoms with van der Waals surface area (Å²) in [6.07, 6.45) is 5.36. The average molecular weight is 610 g/mol. The number of methoxy groups -OCH3 is 1. The van der Waals surface area contributed by atoms with Crippen LogP contribution in [0.2, 0.25) is 0 Å². The highest BCUT2D eigenvalue weighted by Gasteiger charge is 2.34. The summed E-state index contributed by atoms with van der Waals surface area (Å²) < 4.78 is 47.7. The number of hydrogen-bond donors (Lipinski definition) is 1. The Hall–Kier alpha value is -3.92. The number of sulfonamides is 1. The molecule has 0 radical (unpaired) electrons. The molecule has 0 aromatic heterocycles. The van der Waals surface area contributed by atoms with E-state index in [4.69, 9.17) is 4.74 Å². The number of nitrogens with zero attached hydrogens (tertiary/aromatic N) is 2. The number of halogens is 1. The van der Waals surface area contributed by atoms with Crippen LogP contribution >= 0.6 is 0 Å². The van der Waals surface area contributed by atoms with E-state index < -0.39 is 34.3 Å². The molecule has 3 aromatic rings. The maximum atomic E-state index is 14.2. The SMILES string of the molecule is CCC(C(=O)NC1CCCCC1)N(Cc1ccc(OC)cc1)C(=O)CN(c1ccc(C)cc1)S(=O)(=O)c1ccc(F)cc1. The summed E-state index contributed by atoms with van der Waals surface area (Å²) in [4.78, 5) is 29.1. The number of aryl methyl sites for hydroxylation is 1. The normalized spacial score (nSPS) is 14.5.